The van der Waals surface area contributed by atoms with Crippen molar-refractivity contribution in [3.05, 3.63) is 17.7 Å². The lowest BCUT2D eigenvalue weighted by Gasteiger charge is -2.19. The number of hydrogen-bond donors (Lipinski definition) is 0. The van der Waals surface area contributed by atoms with E-state index in [1.165, 1.54) is 5.69 Å². The monoisotopic (exact) mass is 164 g/mol. The molecule has 0 saturated carbocycles. The third-order valence-corrected chi connectivity index (χ3v) is 2.53. The Labute approximate surface area is 71.4 Å². The highest BCUT2D eigenvalue weighted by molar-refractivity contribution is 5.53. The van der Waals surface area contributed by atoms with Gasteiger partial charge >= 0.3 is 0 Å². The molecule has 0 N–H and O–H groups in total. The van der Waals surface area contributed by atoms with E-state index in [-0.39, 0.29) is 5.92 Å². The molecule has 0 amide bonds. The van der Waals surface area contributed by atoms with Crippen LogP contribution in [0.15, 0.2) is 6.33 Å². The molecule has 1 aromatic rings. The van der Waals surface area contributed by atoms with Gasteiger partial charge in [0.2, 0.25) is 0 Å². The van der Waals surface area contributed by atoms with Crippen LogP contribution in [0.1, 0.15) is 17.8 Å². The fraction of sp³-hybridized carbons (Fsp3) is 0.556. The summed E-state index contributed by atoms with van der Waals surface area (Å²) in [6, 6.07) is 0. The molecule has 0 aliphatic carbocycles. The Morgan fingerprint density at radius 2 is 2.58 bits per heavy atom. The molecular weight excluding hydrogens is 152 g/mol. The van der Waals surface area contributed by atoms with Gasteiger partial charge in [0.05, 0.1) is 12.0 Å². The minimum Gasteiger partial charge on any atom is -0.334 e. The van der Waals surface area contributed by atoms with E-state index in [0.29, 0.717) is 0 Å². The van der Waals surface area contributed by atoms with Crippen LogP contribution in [0.4, 0.5) is 0 Å². The van der Waals surface area contributed by atoms with Gasteiger partial charge in [-0.15, -0.1) is 0 Å². The Balaban J connectivity index is 2.30. The molecule has 2 rings (SSSR count). The Hall–Kier alpha value is -1.12. The predicted molar refractivity (Wildman–Crippen MR) is 44.8 cm³/mol. The van der Waals surface area contributed by atoms with Gasteiger partial charge in [0.1, 0.15) is 6.29 Å². The molecule has 3 nitrogen and oxygen atoms in total. The minimum absolute atomic E-state index is 0.200. The maximum Gasteiger partial charge on any atom is 0.124 e. The molecule has 1 atom stereocenters. The Kier molecular flexibility index (Phi) is 1.71. The number of imidazole rings is 1. The standard InChI is InChI=1S/C9H12N2O/c1-7-9-3-2-8(5-12)4-11(9)6-10-7/h5-6,8H,2-4H2,1H3. The smallest absolute Gasteiger partial charge is 0.124 e. The zero-order valence-electron chi connectivity index (χ0n) is 7.16. The summed E-state index contributed by atoms with van der Waals surface area (Å²) in [6.07, 6.45) is 4.86. The fourth-order valence-corrected chi connectivity index (χ4v) is 1.77. The van der Waals surface area contributed by atoms with Crippen LogP contribution in [0.5, 0.6) is 0 Å². The quantitative estimate of drug-likeness (QED) is 0.579. The summed E-state index contributed by atoms with van der Waals surface area (Å²) in [5.41, 5.74) is 2.41. The van der Waals surface area contributed by atoms with Crippen molar-refractivity contribution in [3.8, 4) is 0 Å². The molecule has 1 aliphatic rings. The summed E-state index contributed by atoms with van der Waals surface area (Å²) in [7, 11) is 0. The van der Waals surface area contributed by atoms with Gasteiger partial charge in [-0.1, -0.05) is 0 Å². The molecule has 0 aromatic carbocycles. The van der Waals surface area contributed by atoms with E-state index in [1.807, 2.05) is 13.3 Å². The van der Waals surface area contributed by atoms with Crippen molar-refractivity contribution in [2.45, 2.75) is 26.3 Å². The van der Waals surface area contributed by atoms with Crippen molar-refractivity contribution in [3.63, 3.8) is 0 Å². The van der Waals surface area contributed by atoms with E-state index in [4.69, 9.17) is 0 Å². The highest BCUT2D eigenvalue weighted by Crippen LogP contribution is 2.20. The van der Waals surface area contributed by atoms with Gasteiger partial charge in [-0.2, -0.15) is 0 Å². The number of rotatable bonds is 1. The lowest BCUT2D eigenvalue weighted by molar-refractivity contribution is -0.111. The molecule has 2 heterocycles. The molecule has 1 aliphatic heterocycles. The summed E-state index contributed by atoms with van der Waals surface area (Å²) < 4.78 is 2.10. The van der Waals surface area contributed by atoms with Crippen molar-refractivity contribution < 1.29 is 4.79 Å². The molecule has 0 radical (unpaired) electrons. The summed E-state index contributed by atoms with van der Waals surface area (Å²) >= 11 is 0. The minimum atomic E-state index is 0.200. The average molecular weight is 164 g/mol. The molecule has 0 spiro atoms. The van der Waals surface area contributed by atoms with Crippen LogP contribution in [-0.2, 0) is 17.8 Å². The Morgan fingerprint density at radius 3 is 3.33 bits per heavy atom. The second kappa shape index (κ2) is 2.73. The number of aromatic nitrogens is 2. The van der Waals surface area contributed by atoms with Crippen LogP contribution in [-0.4, -0.2) is 15.8 Å². The second-order valence-corrected chi connectivity index (χ2v) is 3.36. The van der Waals surface area contributed by atoms with Crippen molar-refractivity contribution in [1.29, 1.82) is 0 Å². The van der Waals surface area contributed by atoms with Crippen LogP contribution < -0.4 is 0 Å². The first-order valence-corrected chi connectivity index (χ1v) is 4.27. The summed E-state index contributed by atoms with van der Waals surface area (Å²) in [6.45, 7) is 2.84. The number of aldehydes is 1. The first-order chi connectivity index (χ1) is 5.81. The Morgan fingerprint density at radius 1 is 1.75 bits per heavy atom. The molecule has 0 fully saturated rings. The number of fused-ring (bicyclic) bond motifs is 1. The SMILES string of the molecule is Cc1ncn2c1CCC(C=O)C2. The summed E-state index contributed by atoms with van der Waals surface area (Å²) in [4.78, 5) is 14.8. The molecule has 0 bridgehead atoms. The highest BCUT2D eigenvalue weighted by atomic mass is 16.1. The molecule has 3 heteroatoms. The van der Waals surface area contributed by atoms with E-state index in [9.17, 15) is 4.79 Å². The number of carbonyl (C=O) groups excluding carboxylic acids is 1. The van der Waals surface area contributed by atoms with E-state index < -0.39 is 0 Å². The van der Waals surface area contributed by atoms with E-state index in [2.05, 4.69) is 9.55 Å². The maximum absolute atomic E-state index is 10.5. The van der Waals surface area contributed by atoms with Crippen LogP contribution in [0.25, 0.3) is 0 Å². The van der Waals surface area contributed by atoms with Crippen LogP contribution in [0, 0.1) is 12.8 Å². The summed E-state index contributed by atoms with van der Waals surface area (Å²) in [5, 5.41) is 0. The highest BCUT2D eigenvalue weighted by Gasteiger charge is 2.19. The van der Waals surface area contributed by atoms with E-state index in [0.717, 1.165) is 31.4 Å². The van der Waals surface area contributed by atoms with Gasteiger partial charge in [0.25, 0.3) is 0 Å². The zero-order valence-corrected chi connectivity index (χ0v) is 7.16. The van der Waals surface area contributed by atoms with Gasteiger partial charge < -0.3 is 9.36 Å². The molecule has 12 heavy (non-hydrogen) atoms. The van der Waals surface area contributed by atoms with Crippen molar-refractivity contribution in [2.75, 3.05) is 0 Å². The number of aryl methyl sites for hydroxylation is 1. The van der Waals surface area contributed by atoms with Crippen molar-refractivity contribution in [1.82, 2.24) is 9.55 Å². The molecule has 1 unspecified atom stereocenters. The van der Waals surface area contributed by atoms with Crippen molar-refractivity contribution in [2.24, 2.45) is 5.92 Å². The third kappa shape index (κ3) is 1.05. The van der Waals surface area contributed by atoms with Gasteiger partial charge in [0, 0.05) is 18.2 Å². The third-order valence-electron chi connectivity index (χ3n) is 2.53. The van der Waals surface area contributed by atoms with Crippen LogP contribution in [0.2, 0.25) is 0 Å². The normalized spacial score (nSPS) is 21.9. The van der Waals surface area contributed by atoms with E-state index in [1.54, 1.807) is 0 Å². The Bertz CT molecular complexity index is 303. The van der Waals surface area contributed by atoms with Gasteiger partial charge in [0.15, 0.2) is 0 Å². The zero-order chi connectivity index (χ0) is 8.55. The molecular formula is C9H12N2O. The van der Waals surface area contributed by atoms with Gasteiger partial charge in [-0.3, -0.25) is 0 Å². The molecule has 1 aromatic heterocycles. The largest absolute Gasteiger partial charge is 0.334 e. The van der Waals surface area contributed by atoms with Crippen LogP contribution >= 0.6 is 0 Å². The average Bonchev–Trinajstić information content (AvgIpc) is 2.47. The van der Waals surface area contributed by atoms with Gasteiger partial charge in [-0.25, -0.2) is 4.98 Å². The number of hydrogen-bond acceptors (Lipinski definition) is 2. The van der Waals surface area contributed by atoms with Crippen LogP contribution in [0.3, 0.4) is 0 Å². The molecule has 0 saturated heterocycles. The van der Waals surface area contributed by atoms with Crippen molar-refractivity contribution >= 4 is 6.29 Å². The maximum atomic E-state index is 10.5. The first kappa shape index (κ1) is 7.53. The first-order valence-electron chi connectivity index (χ1n) is 4.27. The topological polar surface area (TPSA) is 34.9 Å². The fourth-order valence-electron chi connectivity index (χ4n) is 1.77. The van der Waals surface area contributed by atoms with Gasteiger partial charge in [-0.05, 0) is 19.8 Å². The van der Waals surface area contributed by atoms with E-state index >= 15 is 0 Å². The predicted octanol–water partition coefficient (Wildman–Crippen LogP) is 0.953. The number of carbonyl (C=O) groups is 1. The number of nitrogens with zero attached hydrogens (tertiary/aromatic N) is 2. The summed E-state index contributed by atoms with van der Waals surface area (Å²) in [5.74, 6) is 0.200. The molecule has 64 valence electrons. The lowest BCUT2D eigenvalue weighted by atomic mass is 9.99. The second-order valence-electron chi connectivity index (χ2n) is 3.36. The lowest BCUT2D eigenvalue weighted by Crippen LogP contribution is -2.20.